The molecule has 2 aromatic rings. The van der Waals surface area contributed by atoms with E-state index in [1.54, 1.807) is 0 Å². The number of likely N-dealkylation sites (tertiary alicyclic amines) is 1. The Hall–Kier alpha value is -2.87. The number of nitrogens with one attached hydrogen (secondary N) is 1. The number of unbranched alkanes of at least 4 members (excludes halogenated alkanes) is 1. The molecular weight excluding hydrogens is 370 g/mol. The van der Waals surface area contributed by atoms with E-state index in [-0.39, 0.29) is 30.5 Å². The zero-order valence-electron chi connectivity index (χ0n) is 16.9. The lowest BCUT2D eigenvalue weighted by atomic mass is 10.2. The maximum atomic E-state index is 13.2. The highest BCUT2D eigenvalue weighted by Gasteiger charge is 2.26. The predicted molar refractivity (Wildman–Crippen MR) is 114 cm³/mol. The molecule has 2 heterocycles. The zero-order chi connectivity index (χ0) is 20.8. The lowest BCUT2D eigenvalue weighted by Crippen LogP contribution is -2.44. The van der Waals surface area contributed by atoms with Crippen LogP contribution in [0.5, 0.6) is 0 Å². The second-order valence-electron chi connectivity index (χ2n) is 7.45. The van der Waals surface area contributed by atoms with Crippen molar-refractivity contribution in [1.29, 1.82) is 0 Å². The van der Waals surface area contributed by atoms with E-state index in [0.717, 1.165) is 44.3 Å². The molecule has 0 atom stereocenters. The number of anilines is 2. The van der Waals surface area contributed by atoms with Crippen molar-refractivity contribution in [3.8, 4) is 0 Å². The highest BCUT2D eigenvalue weighted by Crippen LogP contribution is 2.21. The number of nitrogens with two attached hydrogens (primary N) is 1. The number of H-pyrrole nitrogens is 1. The summed E-state index contributed by atoms with van der Waals surface area (Å²) in [5, 5.41) is 0. The summed E-state index contributed by atoms with van der Waals surface area (Å²) >= 11 is 0. The molecule has 0 radical (unpaired) electrons. The SMILES string of the molecule is CCCCn1c(N)c(N(Cc2ccccc2)C(=O)CN2CCCC2)c(=O)[nH]c1=O. The van der Waals surface area contributed by atoms with Gasteiger partial charge in [0.1, 0.15) is 5.82 Å². The average Bonchev–Trinajstić information content (AvgIpc) is 3.20. The molecule has 156 valence electrons. The van der Waals surface area contributed by atoms with E-state index in [9.17, 15) is 14.4 Å². The second kappa shape index (κ2) is 9.56. The number of nitrogen functional groups attached to an aromatic ring is 1. The third kappa shape index (κ3) is 4.95. The Bertz CT molecular complexity index is 945. The number of amides is 1. The van der Waals surface area contributed by atoms with E-state index >= 15 is 0 Å². The number of hydrogen-bond donors (Lipinski definition) is 2. The molecule has 1 fully saturated rings. The van der Waals surface area contributed by atoms with Crippen molar-refractivity contribution in [2.24, 2.45) is 0 Å². The number of carbonyl (C=O) groups is 1. The van der Waals surface area contributed by atoms with Crippen LogP contribution in [0.4, 0.5) is 11.5 Å². The van der Waals surface area contributed by atoms with Crippen LogP contribution in [0, 0.1) is 0 Å². The molecule has 1 aliphatic rings. The van der Waals surface area contributed by atoms with Gasteiger partial charge in [-0.3, -0.25) is 28.9 Å². The lowest BCUT2D eigenvalue weighted by molar-refractivity contribution is -0.119. The second-order valence-corrected chi connectivity index (χ2v) is 7.45. The first kappa shape index (κ1) is 20.9. The number of aromatic amines is 1. The molecular formula is C21H29N5O3. The zero-order valence-corrected chi connectivity index (χ0v) is 16.9. The summed E-state index contributed by atoms with van der Waals surface area (Å²) in [6.45, 7) is 4.58. The van der Waals surface area contributed by atoms with Gasteiger partial charge in [-0.05, 0) is 37.9 Å². The van der Waals surface area contributed by atoms with Crippen molar-refractivity contribution < 1.29 is 4.79 Å². The van der Waals surface area contributed by atoms with Gasteiger partial charge < -0.3 is 5.73 Å². The van der Waals surface area contributed by atoms with E-state index in [0.29, 0.717) is 6.54 Å². The molecule has 1 aromatic heterocycles. The summed E-state index contributed by atoms with van der Waals surface area (Å²) in [5.41, 5.74) is 6.01. The monoisotopic (exact) mass is 399 g/mol. The topological polar surface area (TPSA) is 104 Å². The molecule has 3 N–H and O–H groups in total. The van der Waals surface area contributed by atoms with Gasteiger partial charge in [0.2, 0.25) is 5.91 Å². The van der Waals surface area contributed by atoms with E-state index < -0.39 is 11.2 Å². The molecule has 0 unspecified atom stereocenters. The molecule has 29 heavy (non-hydrogen) atoms. The van der Waals surface area contributed by atoms with Crippen LogP contribution in [-0.2, 0) is 17.9 Å². The third-order valence-corrected chi connectivity index (χ3v) is 5.26. The number of aromatic nitrogens is 2. The normalized spacial score (nSPS) is 14.2. The Morgan fingerprint density at radius 3 is 2.52 bits per heavy atom. The largest absolute Gasteiger partial charge is 0.383 e. The predicted octanol–water partition coefficient (Wildman–Crippen LogP) is 1.55. The molecule has 3 rings (SSSR count). The first-order chi connectivity index (χ1) is 14.0. The molecule has 8 nitrogen and oxygen atoms in total. The highest BCUT2D eigenvalue weighted by molar-refractivity contribution is 5.96. The minimum atomic E-state index is -0.633. The Morgan fingerprint density at radius 2 is 1.86 bits per heavy atom. The Balaban J connectivity index is 2.01. The minimum absolute atomic E-state index is 0.0397. The van der Waals surface area contributed by atoms with Crippen LogP contribution in [-0.4, -0.2) is 40.0 Å². The van der Waals surface area contributed by atoms with Gasteiger partial charge in [-0.25, -0.2) is 4.79 Å². The summed E-state index contributed by atoms with van der Waals surface area (Å²) in [4.78, 5) is 44.0. The fraction of sp³-hybridized carbons (Fsp3) is 0.476. The van der Waals surface area contributed by atoms with Crippen molar-refractivity contribution in [2.45, 2.75) is 45.7 Å². The van der Waals surface area contributed by atoms with Crippen LogP contribution in [0.15, 0.2) is 39.9 Å². The van der Waals surface area contributed by atoms with E-state index in [1.165, 1.54) is 9.47 Å². The maximum Gasteiger partial charge on any atom is 0.330 e. The number of hydrogen-bond acceptors (Lipinski definition) is 5. The maximum absolute atomic E-state index is 13.2. The van der Waals surface area contributed by atoms with Crippen LogP contribution in [0.1, 0.15) is 38.2 Å². The molecule has 1 aliphatic heterocycles. The first-order valence-electron chi connectivity index (χ1n) is 10.2. The lowest BCUT2D eigenvalue weighted by Gasteiger charge is -2.26. The summed E-state index contributed by atoms with van der Waals surface area (Å²) in [7, 11) is 0. The van der Waals surface area contributed by atoms with Crippen molar-refractivity contribution in [3.05, 3.63) is 56.7 Å². The van der Waals surface area contributed by atoms with Gasteiger partial charge in [-0.15, -0.1) is 0 Å². The Kier molecular flexibility index (Phi) is 6.87. The summed E-state index contributed by atoms with van der Waals surface area (Å²) < 4.78 is 1.35. The minimum Gasteiger partial charge on any atom is -0.383 e. The fourth-order valence-electron chi connectivity index (χ4n) is 3.65. The molecule has 0 bridgehead atoms. The third-order valence-electron chi connectivity index (χ3n) is 5.26. The summed E-state index contributed by atoms with van der Waals surface area (Å²) in [6.07, 6.45) is 3.76. The van der Waals surface area contributed by atoms with Crippen LogP contribution in [0.2, 0.25) is 0 Å². The van der Waals surface area contributed by atoms with Crippen molar-refractivity contribution >= 4 is 17.4 Å². The standard InChI is InChI=1S/C21H29N5O3/c1-2-3-13-25-19(22)18(20(28)23-21(25)29)26(14-16-9-5-4-6-10-16)17(27)15-24-11-7-8-12-24/h4-6,9-10H,2-3,7-8,11-15,22H2,1H3,(H,23,28,29). The van der Waals surface area contributed by atoms with Gasteiger partial charge in [0.25, 0.3) is 5.56 Å². The molecule has 1 amide bonds. The van der Waals surface area contributed by atoms with Gasteiger partial charge in [-0.2, -0.15) is 0 Å². The van der Waals surface area contributed by atoms with Gasteiger partial charge in [0.05, 0.1) is 13.1 Å². The van der Waals surface area contributed by atoms with Crippen LogP contribution >= 0.6 is 0 Å². The van der Waals surface area contributed by atoms with E-state index in [4.69, 9.17) is 5.73 Å². The molecule has 1 aromatic carbocycles. The van der Waals surface area contributed by atoms with Gasteiger partial charge in [0, 0.05) is 6.54 Å². The Labute approximate surface area is 169 Å². The number of benzene rings is 1. The highest BCUT2D eigenvalue weighted by atomic mass is 16.2. The van der Waals surface area contributed by atoms with E-state index in [2.05, 4.69) is 9.88 Å². The molecule has 1 saturated heterocycles. The van der Waals surface area contributed by atoms with Crippen molar-refractivity contribution in [2.75, 3.05) is 30.3 Å². The van der Waals surface area contributed by atoms with Crippen LogP contribution in [0.3, 0.4) is 0 Å². The molecule has 8 heteroatoms. The van der Waals surface area contributed by atoms with Crippen molar-refractivity contribution in [3.63, 3.8) is 0 Å². The van der Waals surface area contributed by atoms with Crippen LogP contribution < -0.4 is 21.9 Å². The number of carbonyl (C=O) groups excluding carboxylic acids is 1. The molecule has 0 spiro atoms. The summed E-state index contributed by atoms with van der Waals surface area (Å²) in [5.74, 6) is -0.161. The van der Waals surface area contributed by atoms with Gasteiger partial charge in [0.15, 0.2) is 5.69 Å². The smallest absolute Gasteiger partial charge is 0.330 e. The molecule has 0 saturated carbocycles. The average molecular weight is 399 g/mol. The van der Waals surface area contributed by atoms with Crippen LogP contribution in [0.25, 0.3) is 0 Å². The van der Waals surface area contributed by atoms with Gasteiger partial charge in [-0.1, -0.05) is 43.7 Å². The first-order valence-corrected chi connectivity index (χ1v) is 10.2. The van der Waals surface area contributed by atoms with E-state index in [1.807, 2.05) is 37.3 Å². The van der Waals surface area contributed by atoms with Gasteiger partial charge >= 0.3 is 5.69 Å². The number of nitrogens with zero attached hydrogens (tertiary/aromatic N) is 3. The van der Waals surface area contributed by atoms with Crippen molar-refractivity contribution in [1.82, 2.24) is 14.5 Å². The molecule has 0 aliphatic carbocycles. The fourth-order valence-corrected chi connectivity index (χ4v) is 3.65. The quantitative estimate of drug-likeness (QED) is 0.701. The number of rotatable bonds is 8. The summed E-state index contributed by atoms with van der Waals surface area (Å²) in [6, 6.07) is 9.45. The Morgan fingerprint density at radius 1 is 1.17 bits per heavy atom.